The van der Waals surface area contributed by atoms with Crippen molar-refractivity contribution in [1.29, 1.82) is 0 Å². The average Bonchev–Trinajstić information content (AvgIpc) is 2.83. The maximum Gasteiger partial charge on any atom is 0.109 e. The first-order chi connectivity index (χ1) is 7.77. The van der Waals surface area contributed by atoms with Crippen LogP contribution < -0.4 is 5.32 Å². The second-order valence-electron chi connectivity index (χ2n) is 4.68. The predicted molar refractivity (Wildman–Crippen MR) is 68.8 cm³/mol. The third-order valence-electron chi connectivity index (χ3n) is 3.47. The Hall–Kier alpha value is -0.450. The van der Waals surface area contributed by atoms with E-state index in [2.05, 4.69) is 34.6 Å². The molecule has 0 aliphatic carbocycles. The number of nitrogens with zero attached hydrogens (tertiary/aromatic N) is 2. The van der Waals surface area contributed by atoms with Gasteiger partial charge in [-0.3, -0.25) is 4.90 Å². The molecule has 0 spiro atoms. The molecule has 2 rings (SSSR count). The van der Waals surface area contributed by atoms with E-state index in [9.17, 15) is 0 Å². The topological polar surface area (TPSA) is 28.2 Å². The SMILES string of the molecule is C[C@@H](c1nccs1)N(C)CC1CCNCC1. The fourth-order valence-corrected chi connectivity index (χ4v) is 3.02. The Morgan fingerprint density at radius 2 is 2.31 bits per heavy atom. The van der Waals surface area contributed by atoms with Gasteiger partial charge in [0, 0.05) is 18.1 Å². The van der Waals surface area contributed by atoms with E-state index in [4.69, 9.17) is 0 Å². The summed E-state index contributed by atoms with van der Waals surface area (Å²) in [4.78, 5) is 6.83. The van der Waals surface area contributed by atoms with Crippen LogP contribution in [0.15, 0.2) is 11.6 Å². The fourth-order valence-electron chi connectivity index (χ4n) is 2.26. The highest BCUT2D eigenvalue weighted by Gasteiger charge is 2.19. The largest absolute Gasteiger partial charge is 0.317 e. The second-order valence-corrected chi connectivity index (χ2v) is 5.61. The molecule has 4 heteroatoms. The number of nitrogens with one attached hydrogen (secondary N) is 1. The Labute approximate surface area is 102 Å². The molecule has 0 bridgehead atoms. The van der Waals surface area contributed by atoms with Gasteiger partial charge in [-0.05, 0) is 45.8 Å². The van der Waals surface area contributed by atoms with E-state index in [1.807, 2.05) is 6.20 Å². The van der Waals surface area contributed by atoms with Gasteiger partial charge in [-0.15, -0.1) is 11.3 Å². The second kappa shape index (κ2) is 5.75. The molecule has 0 aromatic carbocycles. The molecule has 2 heterocycles. The highest BCUT2D eigenvalue weighted by atomic mass is 32.1. The van der Waals surface area contributed by atoms with Gasteiger partial charge in [-0.2, -0.15) is 0 Å². The minimum atomic E-state index is 0.454. The smallest absolute Gasteiger partial charge is 0.109 e. The van der Waals surface area contributed by atoms with Gasteiger partial charge < -0.3 is 5.32 Å². The molecule has 1 aromatic heterocycles. The lowest BCUT2D eigenvalue weighted by atomic mass is 9.97. The normalized spacial score (nSPS) is 20.2. The molecule has 90 valence electrons. The molecule has 0 radical (unpaired) electrons. The van der Waals surface area contributed by atoms with E-state index in [0.717, 1.165) is 5.92 Å². The van der Waals surface area contributed by atoms with Gasteiger partial charge in [0.25, 0.3) is 0 Å². The first kappa shape index (κ1) is 12.0. The van der Waals surface area contributed by atoms with Crippen LogP contribution >= 0.6 is 11.3 Å². The first-order valence-electron chi connectivity index (χ1n) is 6.07. The van der Waals surface area contributed by atoms with Crippen LogP contribution in [-0.2, 0) is 0 Å². The van der Waals surface area contributed by atoms with Gasteiger partial charge in [-0.1, -0.05) is 0 Å². The lowest BCUT2D eigenvalue weighted by Crippen LogP contribution is -2.35. The molecule has 16 heavy (non-hydrogen) atoms. The van der Waals surface area contributed by atoms with E-state index >= 15 is 0 Å². The van der Waals surface area contributed by atoms with Crippen LogP contribution in [0.3, 0.4) is 0 Å². The third kappa shape index (κ3) is 3.03. The van der Waals surface area contributed by atoms with Crippen LogP contribution in [0, 0.1) is 5.92 Å². The van der Waals surface area contributed by atoms with Crippen LogP contribution in [0.4, 0.5) is 0 Å². The number of piperidine rings is 1. The van der Waals surface area contributed by atoms with Crippen LogP contribution in [0.5, 0.6) is 0 Å². The average molecular weight is 239 g/mol. The maximum atomic E-state index is 4.39. The van der Waals surface area contributed by atoms with Crippen LogP contribution in [0.1, 0.15) is 30.8 Å². The zero-order valence-corrected chi connectivity index (χ0v) is 11.0. The van der Waals surface area contributed by atoms with Crippen LogP contribution in [0.25, 0.3) is 0 Å². The summed E-state index contributed by atoms with van der Waals surface area (Å²) in [6, 6.07) is 0.454. The van der Waals surface area contributed by atoms with Gasteiger partial charge in [-0.25, -0.2) is 4.98 Å². The summed E-state index contributed by atoms with van der Waals surface area (Å²) in [5, 5.41) is 6.71. The van der Waals surface area contributed by atoms with Gasteiger partial charge in [0.2, 0.25) is 0 Å². The third-order valence-corrected chi connectivity index (χ3v) is 4.42. The summed E-state index contributed by atoms with van der Waals surface area (Å²) in [5.74, 6) is 0.855. The summed E-state index contributed by atoms with van der Waals surface area (Å²) in [7, 11) is 2.22. The van der Waals surface area contributed by atoms with E-state index in [0.29, 0.717) is 6.04 Å². The van der Waals surface area contributed by atoms with E-state index in [1.165, 1.54) is 37.5 Å². The van der Waals surface area contributed by atoms with Gasteiger partial charge in [0.05, 0.1) is 6.04 Å². The summed E-state index contributed by atoms with van der Waals surface area (Å²) in [6.45, 7) is 5.82. The lowest BCUT2D eigenvalue weighted by Gasteiger charge is -2.30. The number of aromatic nitrogens is 1. The Bertz CT molecular complexity index is 293. The molecule has 1 saturated heterocycles. The van der Waals surface area contributed by atoms with Crippen molar-refractivity contribution in [3.05, 3.63) is 16.6 Å². The number of hydrogen-bond donors (Lipinski definition) is 1. The van der Waals surface area contributed by atoms with Crippen molar-refractivity contribution in [3.63, 3.8) is 0 Å². The number of hydrogen-bond acceptors (Lipinski definition) is 4. The monoisotopic (exact) mass is 239 g/mol. The van der Waals surface area contributed by atoms with Gasteiger partial charge in [0.15, 0.2) is 0 Å². The van der Waals surface area contributed by atoms with E-state index in [1.54, 1.807) is 11.3 Å². The first-order valence-corrected chi connectivity index (χ1v) is 6.95. The van der Waals surface area contributed by atoms with E-state index in [-0.39, 0.29) is 0 Å². The van der Waals surface area contributed by atoms with Crippen molar-refractivity contribution in [2.24, 2.45) is 5.92 Å². The Balaban J connectivity index is 1.84. The highest BCUT2D eigenvalue weighted by Crippen LogP contribution is 2.23. The summed E-state index contributed by atoms with van der Waals surface area (Å²) in [6.07, 6.45) is 4.53. The molecule has 1 N–H and O–H groups in total. The Morgan fingerprint density at radius 1 is 1.56 bits per heavy atom. The maximum absolute atomic E-state index is 4.39. The van der Waals surface area contributed by atoms with Gasteiger partial charge in [0.1, 0.15) is 5.01 Å². The minimum absolute atomic E-state index is 0.454. The number of rotatable bonds is 4. The molecule has 1 aliphatic heterocycles. The van der Waals surface area contributed by atoms with Crippen molar-refractivity contribution in [1.82, 2.24) is 15.2 Å². The molecule has 1 fully saturated rings. The van der Waals surface area contributed by atoms with E-state index < -0.39 is 0 Å². The molecular formula is C12H21N3S. The zero-order chi connectivity index (χ0) is 11.4. The predicted octanol–water partition coefficient (Wildman–Crippen LogP) is 2.14. The van der Waals surface area contributed by atoms with Crippen molar-refractivity contribution in [3.8, 4) is 0 Å². The lowest BCUT2D eigenvalue weighted by molar-refractivity contribution is 0.196. The molecule has 1 aliphatic rings. The Kier molecular flexibility index (Phi) is 4.32. The van der Waals surface area contributed by atoms with Crippen LogP contribution in [-0.4, -0.2) is 36.6 Å². The zero-order valence-electron chi connectivity index (χ0n) is 10.1. The summed E-state index contributed by atoms with van der Waals surface area (Å²) >= 11 is 1.76. The van der Waals surface area contributed by atoms with Crippen molar-refractivity contribution >= 4 is 11.3 Å². The quantitative estimate of drug-likeness (QED) is 0.872. The fraction of sp³-hybridized carbons (Fsp3) is 0.750. The van der Waals surface area contributed by atoms with Gasteiger partial charge >= 0.3 is 0 Å². The molecule has 1 atom stereocenters. The minimum Gasteiger partial charge on any atom is -0.317 e. The molecular weight excluding hydrogens is 218 g/mol. The van der Waals surface area contributed by atoms with Crippen molar-refractivity contribution in [2.45, 2.75) is 25.8 Å². The van der Waals surface area contributed by atoms with Crippen molar-refractivity contribution < 1.29 is 0 Å². The molecule has 0 amide bonds. The standard InChI is InChI=1S/C12H21N3S/c1-10(12-14-7-8-16-12)15(2)9-11-3-5-13-6-4-11/h7-8,10-11,13H,3-6,9H2,1-2H3/t10-/m0/s1. The molecule has 3 nitrogen and oxygen atoms in total. The van der Waals surface area contributed by atoms with Crippen molar-refractivity contribution in [2.75, 3.05) is 26.7 Å². The summed E-state index contributed by atoms with van der Waals surface area (Å²) in [5.41, 5.74) is 0. The summed E-state index contributed by atoms with van der Waals surface area (Å²) < 4.78 is 0. The number of thiazole rings is 1. The highest BCUT2D eigenvalue weighted by molar-refractivity contribution is 7.09. The van der Waals surface area contributed by atoms with Crippen LogP contribution in [0.2, 0.25) is 0 Å². The molecule has 1 aromatic rings. The Morgan fingerprint density at radius 3 is 2.94 bits per heavy atom. The molecule has 0 unspecified atom stereocenters. The molecule has 0 saturated carbocycles.